The maximum Gasteiger partial charge on any atom is 0.268 e. The van der Waals surface area contributed by atoms with Crippen LogP contribution in [0.25, 0.3) is 0 Å². The molecule has 0 radical (unpaired) electrons. The molecule has 0 fully saturated rings. The Kier molecular flexibility index (Phi) is 59.3. The number of phosphoric acid groups is 1. The zero-order chi connectivity index (χ0) is 57.0. The van der Waals surface area contributed by atoms with E-state index in [0.29, 0.717) is 17.4 Å². The molecule has 0 spiro atoms. The molecule has 0 aliphatic heterocycles. The summed E-state index contributed by atoms with van der Waals surface area (Å²) in [5, 5.41) is 13.9. The molecular formula is C69H135N2O6P. The highest BCUT2D eigenvalue weighted by Gasteiger charge is 2.23. The average Bonchev–Trinajstić information content (AvgIpc) is 3.40. The Morgan fingerprint density at radius 2 is 0.718 bits per heavy atom. The van der Waals surface area contributed by atoms with Crippen LogP contribution in [-0.2, 0) is 18.4 Å². The van der Waals surface area contributed by atoms with E-state index < -0.39 is 20.0 Å². The van der Waals surface area contributed by atoms with E-state index in [4.69, 9.17) is 9.05 Å². The maximum atomic E-state index is 13.0. The van der Waals surface area contributed by atoms with Crippen molar-refractivity contribution < 1.29 is 32.9 Å². The first-order valence-corrected chi connectivity index (χ1v) is 35.8. The lowest BCUT2D eigenvalue weighted by Gasteiger charge is -2.29. The molecular weight excluding hydrogens is 984 g/mol. The van der Waals surface area contributed by atoms with Crippen LogP contribution in [0.3, 0.4) is 0 Å². The Hall–Kier alpha value is -1.28. The van der Waals surface area contributed by atoms with Gasteiger partial charge in [-0.2, -0.15) is 0 Å². The number of aliphatic hydroxyl groups excluding tert-OH is 1. The van der Waals surface area contributed by atoms with Gasteiger partial charge >= 0.3 is 0 Å². The highest BCUT2D eigenvalue weighted by atomic mass is 31.2. The van der Waals surface area contributed by atoms with Crippen LogP contribution in [0.1, 0.15) is 348 Å². The number of amides is 1. The predicted molar refractivity (Wildman–Crippen MR) is 339 cm³/mol. The van der Waals surface area contributed by atoms with E-state index >= 15 is 0 Å². The summed E-state index contributed by atoms with van der Waals surface area (Å²) >= 11 is 0. The largest absolute Gasteiger partial charge is 0.756 e. The molecule has 8 nitrogen and oxygen atoms in total. The van der Waals surface area contributed by atoms with Gasteiger partial charge in [0.05, 0.1) is 39.9 Å². The molecule has 0 aromatic rings. The summed E-state index contributed by atoms with van der Waals surface area (Å²) in [7, 11) is 1.26. The number of hydrogen-bond donors (Lipinski definition) is 2. The zero-order valence-corrected chi connectivity index (χ0v) is 53.8. The Morgan fingerprint density at radius 3 is 1.04 bits per heavy atom. The van der Waals surface area contributed by atoms with Crippen LogP contribution in [0, 0.1) is 0 Å². The minimum Gasteiger partial charge on any atom is -0.756 e. The topological polar surface area (TPSA) is 108 Å². The van der Waals surface area contributed by atoms with Gasteiger partial charge in [-0.15, -0.1) is 0 Å². The van der Waals surface area contributed by atoms with Crippen molar-refractivity contribution in [3.63, 3.8) is 0 Å². The lowest BCUT2D eigenvalue weighted by molar-refractivity contribution is -0.870. The monoisotopic (exact) mass is 1120 g/mol. The molecule has 0 aromatic carbocycles. The highest BCUT2D eigenvalue weighted by molar-refractivity contribution is 7.45. The van der Waals surface area contributed by atoms with Gasteiger partial charge in [0.15, 0.2) is 0 Å². The molecule has 0 bridgehead atoms. The second-order valence-electron chi connectivity index (χ2n) is 24.9. The van der Waals surface area contributed by atoms with Crippen molar-refractivity contribution in [2.75, 3.05) is 40.9 Å². The van der Waals surface area contributed by atoms with Gasteiger partial charge in [-0.1, -0.05) is 320 Å². The van der Waals surface area contributed by atoms with E-state index in [2.05, 4.69) is 43.5 Å². The molecule has 0 aliphatic rings. The van der Waals surface area contributed by atoms with E-state index in [1.807, 2.05) is 27.2 Å². The number of allylic oxidation sites excluding steroid dienone is 5. The van der Waals surface area contributed by atoms with Crippen LogP contribution in [0.5, 0.6) is 0 Å². The van der Waals surface area contributed by atoms with Crippen LogP contribution >= 0.6 is 7.82 Å². The number of nitrogens with zero attached hydrogens (tertiary/aromatic N) is 1. The Labute approximate surface area is 487 Å². The average molecular weight is 1120 g/mol. The van der Waals surface area contributed by atoms with Gasteiger partial charge in [0.25, 0.3) is 7.82 Å². The summed E-state index contributed by atoms with van der Waals surface area (Å²) in [5.41, 5.74) is 0. The summed E-state index contributed by atoms with van der Waals surface area (Å²) in [6, 6.07) is -0.902. The third-order valence-corrected chi connectivity index (χ3v) is 16.8. The van der Waals surface area contributed by atoms with Crippen molar-refractivity contribution >= 4 is 13.7 Å². The molecule has 9 heteroatoms. The number of unbranched alkanes of at least 4 members (excludes halogenated alkanes) is 47. The molecule has 0 rings (SSSR count). The summed E-state index contributed by atoms with van der Waals surface area (Å²) in [5.74, 6) is -0.200. The lowest BCUT2D eigenvalue weighted by Crippen LogP contribution is -2.45. The van der Waals surface area contributed by atoms with Crippen molar-refractivity contribution in [1.29, 1.82) is 0 Å². The summed E-state index contributed by atoms with van der Waals surface area (Å²) < 4.78 is 23.4. The van der Waals surface area contributed by atoms with Crippen LogP contribution < -0.4 is 10.2 Å². The smallest absolute Gasteiger partial charge is 0.268 e. The summed E-state index contributed by atoms with van der Waals surface area (Å²) in [4.78, 5) is 25.5. The molecule has 3 atom stereocenters. The number of carbonyl (C=O) groups is 1. The van der Waals surface area contributed by atoms with E-state index in [0.717, 1.165) is 38.5 Å². The lowest BCUT2D eigenvalue weighted by atomic mass is 10.0. The fraction of sp³-hybridized carbons (Fsp3) is 0.899. The normalized spacial score (nSPS) is 13.9. The number of quaternary nitrogens is 1. The zero-order valence-electron chi connectivity index (χ0n) is 52.9. The molecule has 462 valence electrons. The minimum atomic E-state index is -4.61. The van der Waals surface area contributed by atoms with Gasteiger partial charge in [-0.05, 0) is 57.8 Å². The van der Waals surface area contributed by atoms with Gasteiger partial charge in [-0.3, -0.25) is 9.36 Å². The first kappa shape index (κ1) is 76.7. The van der Waals surface area contributed by atoms with Crippen molar-refractivity contribution in [2.24, 2.45) is 0 Å². The molecule has 2 N–H and O–H groups in total. The molecule has 0 saturated carbocycles. The SMILES string of the molecule is CCCCCCCCCC/C=C\CCCCCCCCCCCCCCCCCCCCCCCCCCCCCC(=O)NC(COP(=O)([O-])OCC[N+](C)(C)C)C(O)/C=C/CC/C=C/CCCCCCCCCCCCC. The highest BCUT2D eigenvalue weighted by Crippen LogP contribution is 2.38. The van der Waals surface area contributed by atoms with Crippen LogP contribution in [0.2, 0.25) is 0 Å². The molecule has 0 aliphatic carbocycles. The number of likely N-dealkylation sites (N-methyl/N-ethyl adjacent to an activating group) is 1. The van der Waals surface area contributed by atoms with Crippen molar-refractivity contribution in [2.45, 2.75) is 360 Å². The first-order valence-electron chi connectivity index (χ1n) is 34.4. The second-order valence-corrected chi connectivity index (χ2v) is 26.3. The fourth-order valence-corrected chi connectivity index (χ4v) is 11.2. The van der Waals surface area contributed by atoms with E-state index in [1.54, 1.807) is 6.08 Å². The van der Waals surface area contributed by atoms with E-state index in [1.165, 1.54) is 289 Å². The number of hydrogen-bond acceptors (Lipinski definition) is 6. The number of phosphoric ester groups is 1. The quantitative estimate of drug-likeness (QED) is 0.0272. The number of aliphatic hydroxyl groups is 1. The molecule has 0 aromatic heterocycles. The van der Waals surface area contributed by atoms with Crippen molar-refractivity contribution in [3.8, 4) is 0 Å². The van der Waals surface area contributed by atoms with Crippen molar-refractivity contribution in [3.05, 3.63) is 36.5 Å². The van der Waals surface area contributed by atoms with Gasteiger partial charge < -0.3 is 28.8 Å². The van der Waals surface area contributed by atoms with Crippen LogP contribution in [-0.4, -0.2) is 68.5 Å². The standard InChI is InChI=1S/C69H135N2O6P/c1-6-8-10-12-14-16-18-20-22-24-25-26-27-28-29-30-31-32-33-34-35-36-37-38-39-40-41-42-43-44-45-47-49-51-53-55-57-59-61-63-69(73)70-67(66-77-78(74,75)76-65-64-71(3,4)5)68(72)62-60-58-56-54-52-50-48-46-23-21-19-17-15-13-11-9-7-2/h24-25,52,54,60,62,67-68,72H,6-23,26-51,53,55-59,61,63-66H2,1-5H3,(H-,70,73,74,75)/b25-24-,54-52+,62-60+. The summed E-state index contributed by atoms with van der Waals surface area (Å²) in [6.45, 7) is 4.67. The number of rotatable bonds is 64. The first-order chi connectivity index (χ1) is 38.0. The van der Waals surface area contributed by atoms with E-state index in [9.17, 15) is 19.4 Å². The number of nitrogens with one attached hydrogen (secondary N) is 1. The minimum absolute atomic E-state index is 0.00432. The molecule has 78 heavy (non-hydrogen) atoms. The van der Waals surface area contributed by atoms with Gasteiger partial charge in [-0.25, -0.2) is 0 Å². The third kappa shape index (κ3) is 62.3. The number of carbonyl (C=O) groups excluding carboxylic acids is 1. The second kappa shape index (κ2) is 60.3. The molecule has 0 saturated heterocycles. The molecule has 3 unspecified atom stereocenters. The Morgan fingerprint density at radius 1 is 0.436 bits per heavy atom. The molecule has 0 heterocycles. The van der Waals surface area contributed by atoms with Gasteiger partial charge in [0.1, 0.15) is 13.2 Å². The van der Waals surface area contributed by atoms with Crippen LogP contribution in [0.15, 0.2) is 36.5 Å². The Bertz CT molecular complexity index is 1360. The van der Waals surface area contributed by atoms with Crippen molar-refractivity contribution in [1.82, 2.24) is 5.32 Å². The maximum absolute atomic E-state index is 13.0. The van der Waals surface area contributed by atoms with Gasteiger partial charge in [0, 0.05) is 6.42 Å². The third-order valence-electron chi connectivity index (χ3n) is 15.8. The summed E-state index contributed by atoms with van der Waals surface area (Å²) in [6.07, 6.45) is 80.0. The fourth-order valence-electron chi connectivity index (χ4n) is 10.5. The van der Waals surface area contributed by atoms with Crippen LogP contribution in [0.4, 0.5) is 0 Å². The van der Waals surface area contributed by atoms with Gasteiger partial charge in [0.2, 0.25) is 5.91 Å². The molecule has 1 amide bonds. The Balaban J connectivity index is 3.91. The van der Waals surface area contributed by atoms with E-state index in [-0.39, 0.29) is 19.1 Å². The predicted octanol–water partition coefficient (Wildman–Crippen LogP) is 21.0.